The third-order valence-corrected chi connectivity index (χ3v) is 14.4. The predicted molar refractivity (Wildman–Crippen MR) is 132 cm³/mol. The molecule has 1 atom stereocenters. The Morgan fingerprint density at radius 3 is 1.45 bits per heavy atom. The Morgan fingerprint density at radius 1 is 0.759 bits per heavy atom. The second-order valence-electron chi connectivity index (χ2n) is 11.7. The summed E-state index contributed by atoms with van der Waals surface area (Å²) in [4.78, 5) is 38.8. The van der Waals surface area contributed by atoms with Gasteiger partial charge in [-0.15, -0.1) is 0 Å². The van der Waals surface area contributed by atoms with Crippen molar-refractivity contribution < 1.29 is 18.8 Å². The first kappa shape index (κ1) is 28.3. The molecule has 2 amide bonds. The van der Waals surface area contributed by atoms with Gasteiger partial charge in [-0.1, -0.05) is 58.9 Å². The van der Waals surface area contributed by atoms with Crippen LogP contribution < -0.4 is 0 Å². The van der Waals surface area contributed by atoms with Crippen molar-refractivity contribution in [2.24, 2.45) is 0 Å². The minimum Gasteiger partial charge on any atom is -0.518 e. The van der Waals surface area contributed by atoms with Crippen LogP contribution in [0.3, 0.4) is 0 Å². The van der Waals surface area contributed by atoms with E-state index in [1.807, 2.05) is 39.3 Å². The van der Waals surface area contributed by atoms with E-state index in [1.54, 1.807) is 4.57 Å². The molecule has 0 spiro atoms. The quantitative estimate of drug-likeness (QED) is 0.453. The van der Waals surface area contributed by atoms with Gasteiger partial charge in [0.15, 0.2) is 8.24 Å². The maximum atomic E-state index is 13.3. The van der Waals surface area contributed by atoms with Crippen molar-refractivity contribution in [2.45, 2.75) is 104 Å². The average molecular weight is 477 g/mol. The summed E-state index contributed by atoms with van der Waals surface area (Å²) in [6.07, 6.45) is 0.575. The van der Waals surface area contributed by atoms with Crippen LogP contribution in [0.1, 0.15) is 19.8 Å². The van der Waals surface area contributed by atoms with E-state index in [2.05, 4.69) is 43.5 Å². The van der Waals surface area contributed by atoms with Crippen LogP contribution in [0.25, 0.3) is 0 Å². The van der Waals surface area contributed by atoms with Crippen molar-refractivity contribution in [2.75, 3.05) is 0 Å². The number of nitrogens with zero attached hydrogens (tertiary/aromatic N) is 2. The highest BCUT2D eigenvalue weighted by molar-refractivity contribution is 6.92. The molecule has 0 aliphatic carbocycles. The molecular weight excluding hydrogens is 433 g/mol. The van der Waals surface area contributed by atoms with Crippen molar-refractivity contribution in [1.29, 1.82) is 0 Å². The second-order valence-corrected chi connectivity index (χ2v) is 31.0. The van der Waals surface area contributed by atoms with Gasteiger partial charge in [-0.25, -0.2) is 0 Å². The normalized spacial score (nSPS) is 14.2. The second kappa shape index (κ2) is 9.61. The van der Waals surface area contributed by atoms with Crippen LogP contribution in [0, 0.1) is 0 Å². The summed E-state index contributed by atoms with van der Waals surface area (Å²) in [7, 11) is -7.93. The van der Waals surface area contributed by atoms with Gasteiger partial charge < -0.3 is 13.2 Å². The van der Waals surface area contributed by atoms with Crippen LogP contribution >= 0.6 is 0 Å². The summed E-state index contributed by atoms with van der Waals surface area (Å²) >= 11 is 0. The lowest BCUT2D eigenvalue weighted by Gasteiger charge is -2.44. The lowest BCUT2D eigenvalue weighted by atomic mass is 10.1. The molecule has 6 nitrogen and oxygen atoms in total. The summed E-state index contributed by atoms with van der Waals surface area (Å²) in [6.45, 7) is 26.6. The highest BCUT2D eigenvalue weighted by atomic mass is 28.4. The molecule has 0 aromatic carbocycles. The Bertz CT molecular complexity index is 600. The van der Waals surface area contributed by atoms with E-state index >= 15 is 0 Å². The van der Waals surface area contributed by atoms with Crippen LogP contribution in [0.5, 0.6) is 0 Å². The van der Waals surface area contributed by atoms with Gasteiger partial charge in [-0.05, 0) is 26.1 Å². The largest absolute Gasteiger partial charge is 0.518 e. The molecule has 0 fully saturated rings. The molecule has 0 radical (unpaired) electrons. The van der Waals surface area contributed by atoms with Gasteiger partial charge in [-0.2, -0.15) is 0 Å². The van der Waals surface area contributed by atoms with Crippen molar-refractivity contribution >= 4 is 50.8 Å². The topological polar surface area (TPSA) is 66.9 Å². The summed E-state index contributed by atoms with van der Waals surface area (Å²) in [5.41, 5.74) is 0. The highest BCUT2D eigenvalue weighted by Gasteiger charge is 2.41. The van der Waals surface area contributed by atoms with Crippen molar-refractivity contribution in [3.05, 3.63) is 0 Å². The number of hydrogen-bond donors (Lipinski definition) is 0. The fourth-order valence-electron chi connectivity index (χ4n) is 4.01. The molecule has 29 heavy (non-hydrogen) atoms. The maximum Gasteiger partial charge on any atom is 0.314 e. The Balaban J connectivity index is 5.87. The van der Waals surface area contributed by atoms with Crippen LogP contribution in [0.15, 0.2) is 0 Å². The molecule has 0 bridgehead atoms. The first-order chi connectivity index (χ1) is 12.6. The molecule has 0 aliphatic heterocycles. The zero-order valence-electron chi connectivity index (χ0n) is 21.0. The first-order valence-corrected chi connectivity index (χ1v) is 24.2. The summed E-state index contributed by atoms with van der Waals surface area (Å²) < 4.78 is 9.64. The van der Waals surface area contributed by atoms with Gasteiger partial charge in [0.1, 0.15) is 22.5 Å². The van der Waals surface area contributed by atoms with Gasteiger partial charge in [0.05, 0.1) is 0 Å². The molecule has 0 saturated carbocycles. The molecular formula is C19H44N2O4Si4. The van der Waals surface area contributed by atoms with Crippen LogP contribution in [-0.2, 0) is 18.8 Å². The standard InChI is InChI=1S/C19H44N2O4Si4/c1-16(22)20(26(2,3)4)17(19(24)25-29(11,12)13)14-15-18(23)21(27(5,6)7)28(8,9)10/h17H,14-15H2,1-13H3/t17-/m0/s1. The summed E-state index contributed by atoms with van der Waals surface area (Å²) in [6, 6.07) is -0.694. The number of carbonyl (C=O) groups excluding carboxylic acids is 3. The van der Waals surface area contributed by atoms with Crippen LogP contribution in [0.2, 0.25) is 78.6 Å². The maximum absolute atomic E-state index is 13.3. The average Bonchev–Trinajstić information content (AvgIpc) is 2.35. The molecule has 0 unspecified atom stereocenters. The molecule has 10 heteroatoms. The Morgan fingerprint density at radius 2 is 1.17 bits per heavy atom. The minimum atomic E-state index is -2.13. The molecule has 0 heterocycles. The minimum absolute atomic E-state index is 0.105. The third-order valence-electron chi connectivity index (χ3n) is 4.28. The summed E-state index contributed by atoms with van der Waals surface area (Å²) in [5.74, 6) is -0.378. The molecule has 0 N–H and O–H groups in total. The molecule has 170 valence electrons. The molecule has 0 aromatic rings. The van der Waals surface area contributed by atoms with Crippen molar-refractivity contribution in [3.63, 3.8) is 0 Å². The van der Waals surface area contributed by atoms with Crippen molar-refractivity contribution in [3.8, 4) is 0 Å². The SMILES string of the molecule is CC(=O)N([C@@H](CCC(=O)N([Si](C)(C)C)[Si](C)(C)C)C(=O)O[Si](C)(C)C)[Si](C)(C)C. The molecule has 0 aromatic heterocycles. The van der Waals surface area contributed by atoms with E-state index in [-0.39, 0.29) is 24.2 Å². The van der Waals surface area contributed by atoms with Crippen LogP contribution in [0.4, 0.5) is 0 Å². The Hall–Kier alpha value is -0.722. The highest BCUT2D eigenvalue weighted by Crippen LogP contribution is 2.25. The molecule has 0 saturated heterocycles. The van der Waals surface area contributed by atoms with E-state index in [1.165, 1.54) is 6.92 Å². The zero-order chi connectivity index (χ0) is 23.6. The van der Waals surface area contributed by atoms with Gasteiger partial charge in [0.25, 0.3) is 0 Å². The van der Waals surface area contributed by atoms with Crippen molar-refractivity contribution in [1.82, 2.24) is 8.80 Å². The molecule has 0 aliphatic rings. The van der Waals surface area contributed by atoms with Gasteiger partial charge in [0.2, 0.25) is 20.1 Å². The lowest BCUT2D eigenvalue weighted by Crippen LogP contribution is -2.62. The number of rotatable bonds is 9. The van der Waals surface area contributed by atoms with E-state index in [0.29, 0.717) is 6.42 Å². The predicted octanol–water partition coefficient (Wildman–Crippen LogP) is 4.70. The molecule has 0 rings (SSSR count). The number of carbonyl (C=O) groups is 3. The first-order valence-electron chi connectivity index (χ1n) is 10.4. The van der Waals surface area contributed by atoms with Gasteiger partial charge in [-0.3, -0.25) is 14.4 Å². The number of amides is 2. The smallest absolute Gasteiger partial charge is 0.314 e. The van der Waals surface area contributed by atoms with E-state index in [9.17, 15) is 14.4 Å². The van der Waals surface area contributed by atoms with Crippen LogP contribution in [-0.4, -0.2) is 65.6 Å². The third kappa shape index (κ3) is 9.31. The van der Waals surface area contributed by atoms with E-state index in [0.717, 1.165) is 0 Å². The van der Waals surface area contributed by atoms with E-state index < -0.39 is 39.1 Å². The number of hydrogen-bond acceptors (Lipinski definition) is 4. The Labute approximate surface area is 182 Å². The monoisotopic (exact) mass is 476 g/mol. The fourth-order valence-corrected chi connectivity index (χ4v) is 16.6. The van der Waals surface area contributed by atoms with Gasteiger partial charge >= 0.3 is 5.97 Å². The lowest BCUT2D eigenvalue weighted by molar-refractivity contribution is -0.145. The summed E-state index contributed by atoms with van der Waals surface area (Å²) in [5, 5.41) is 0. The van der Waals surface area contributed by atoms with Gasteiger partial charge in [0, 0.05) is 13.3 Å². The zero-order valence-corrected chi connectivity index (χ0v) is 25.0. The van der Waals surface area contributed by atoms with E-state index in [4.69, 9.17) is 4.43 Å². The Kier molecular flexibility index (Phi) is 9.37. The fraction of sp³-hybridized carbons (Fsp3) is 0.842.